The summed E-state index contributed by atoms with van der Waals surface area (Å²) in [6.07, 6.45) is 0. The first-order valence-corrected chi connectivity index (χ1v) is 9.70. The van der Waals surface area contributed by atoms with Crippen LogP contribution < -0.4 is 10.6 Å². The lowest BCUT2D eigenvalue weighted by molar-refractivity contribution is 0.659. The molecule has 0 aliphatic heterocycles. The van der Waals surface area contributed by atoms with Gasteiger partial charge in [0.2, 0.25) is 0 Å². The fourth-order valence-corrected chi connectivity index (χ4v) is 3.42. The largest absolute Gasteiger partial charge is 0.331 e. The zero-order valence-corrected chi connectivity index (χ0v) is 17.8. The third-order valence-electron chi connectivity index (χ3n) is 4.07. The van der Waals surface area contributed by atoms with Gasteiger partial charge in [-0.1, -0.05) is 53.0 Å². The van der Waals surface area contributed by atoms with Crippen molar-refractivity contribution in [2.45, 2.75) is 20.4 Å². The molecular weight excluding hydrogens is 423 g/mol. The predicted molar refractivity (Wildman–Crippen MR) is 119 cm³/mol. The van der Waals surface area contributed by atoms with E-state index in [9.17, 15) is 0 Å². The van der Waals surface area contributed by atoms with E-state index in [2.05, 4.69) is 15.7 Å². The standard InChI is InChI=1S/C19H17Cl3N4S/c1-11-18(24-19(27)23-17-9-14(20)7-8-16(17)22)12(2)26(25-11)10-13-5-3-4-6-15(13)21/h3-9H,10H2,1-2H3,(H2,23,24,27). The molecule has 2 N–H and O–H groups in total. The Balaban J connectivity index is 1.77. The predicted octanol–water partition coefficient (Wildman–Crippen LogP) is 6.32. The maximum atomic E-state index is 6.26. The molecule has 0 fully saturated rings. The summed E-state index contributed by atoms with van der Waals surface area (Å²) in [5.74, 6) is 0. The summed E-state index contributed by atoms with van der Waals surface area (Å²) in [4.78, 5) is 0. The van der Waals surface area contributed by atoms with Crippen molar-refractivity contribution in [2.75, 3.05) is 10.6 Å². The molecule has 0 amide bonds. The molecule has 4 nitrogen and oxygen atoms in total. The fourth-order valence-electron chi connectivity index (χ4n) is 2.68. The zero-order chi connectivity index (χ0) is 19.6. The van der Waals surface area contributed by atoms with Crippen molar-refractivity contribution in [3.8, 4) is 0 Å². The minimum Gasteiger partial charge on any atom is -0.331 e. The molecule has 1 aromatic heterocycles. The second kappa shape index (κ2) is 8.48. The van der Waals surface area contributed by atoms with E-state index in [1.54, 1.807) is 18.2 Å². The van der Waals surface area contributed by atoms with E-state index in [1.165, 1.54) is 0 Å². The van der Waals surface area contributed by atoms with Gasteiger partial charge in [-0.25, -0.2) is 0 Å². The van der Waals surface area contributed by atoms with Gasteiger partial charge in [0.25, 0.3) is 0 Å². The van der Waals surface area contributed by atoms with Crippen molar-refractivity contribution in [3.05, 3.63) is 74.5 Å². The number of thiocarbonyl (C=S) groups is 1. The zero-order valence-electron chi connectivity index (χ0n) is 14.7. The molecule has 27 heavy (non-hydrogen) atoms. The Morgan fingerprint density at radius 3 is 2.52 bits per heavy atom. The molecule has 0 saturated carbocycles. The molecule has 0 atom stereocenters. The number of aryl methyl sites for hydroxylation is 1. The van der Waals surface area contributed by atoms with Crippen molar-refractivity contribution in [1.82, 2.24) is 9.78 Å². The van der Waals surface area contributed by atoms with Crippen molar-refractivity contribution < 1.29 is 0 Å². The number of rotatable bonds is 4. The number of nitrogens with one attached hydrogen (secondary N) is 2. The van der Waals surface area contributed by atoms with Gasteiger partial charge in [0.1, 0.15) is 0 Å². The summed E-state index contributed by atoms with van der Waals surface area (Å²) < 4.78 is 1.90. The van der Waals surface area contributed by atoms with E-state index in [-0.39, 0.29) is 0 Å². The number of hydrogen-bond donors (Lipinski definition) is 2. The van der Waals surface area contributed by atoms with Gasteiger partial charge in [-0.2, -0.15) is 5.10 Å². The van der Waals surface area contributed by atoms with Crippen LogP contribution in [0, 0.1) is 13.8 Å². The van der Waals surface area contributed by atoms with E-state index >= 15 is 0 Å². The minimum atomic E-state index is 0.405. The van der Waals surface area contributed by atoms with Crippen LogP contribution >= 0.6 is 47.0 Å². The van der Waals surface area contributed by atoms with E-state index in [0.717, 1.165) is 22.6 Å². The molecule has 1 heterocycles. The number of nitrogens with zero attached hydrogens (tertiary/aromatic N) is 2. The molecule has 3 aromatic rings. The van der Waals surface area contributed by atoms with E-state index in [0.29, 0.717) is 32.4 Å². The first-order chi connectivity index (χ1) is 12.8. The first-order valence-electron chi connectivity index (χ1n) is 8.15. The van der Waals surface area contributed by atoms with Crippen molar-refractivity contribution in [2.24, 2.45) is 0 Å². The van der Waals surface area contributed by atoms with E-state index < -0.39 is 0 Å². The van der Waals surface area contributed by atoms with E-state index in [4.69, 9.17) is 47.0 Å². The number of benzene rings is 2. The van der Waals surface area contributed by atoms with Crippen molar-refractivity contribution in [3.63, 3.8) is 0 Å². The Hall–Kier alpha value is -1.79. The van der Waals surface area contributed by atoms with Crippen LogP contribution in [0.4, 0.5) is 11.4 Å². The summed E-state index contributed by atoms with van der Waals surface area (Å²) in [5, 5.41) is 13.1. The molecule has 0 unspecified atom stereocenters. The Morgan fingerprint density at radius 2 is 1.78 bits per heavy atom. The maximum Gasteiger partial charge on any atom is 0.175 e. The monoisotopic (exact) mass is 438 g/mol. The molecule has 0 aliphatic carbocycles. The quantitative estimate of drug-likeness (QED) is 0.467. The van der Waals surface area contributed by atoms with Gasteiger partial charge in [0.05, 0.1) is 34.3 Å². The average molecular weight is 440 g/mol. The summed E-state index contributed by atoms with van der Waals surface area (Å²) in [5.41, 5.74) is 4.27. The smallest absolute Gasteiger partial charge is 0.175 e. The summed E-state index contributed by atoms with van der Waals surface area (Å²) in [6.45, 7) is 4.48. The van der Waals surface area contributed by atoms with Crippen LogP contribution in [-0.4, -0.2) is 14.9 Å². The average Bonchev–Trinajstić information content (AvgIpc) is 2.87. The molecule has 3 rings (SSSR count). The Morgan fingerprint density at radius 1 is 1.04 bits per heavy atom. The highest BCUT2D eigenvalue weighted by Crippen LogP contribution is 2.27. The molecule has 2 aromatic carbocycles. The van der Waals surface area contributed by atoms with Gasteiger partial charge in [0.15, 0.2) is 5.11 Å². The minimum absolute atomic E-state index is 0.405. The maximum absolute atomic E-state index is 6.26. The topological polar surface area (TPSA) is 41.9 Å². The SMILES string of the molecule is Cc1nn(Cc2ccccc2Cl)c(C)c1NC(=S)Nc1cc(Cl)ccc1Cl. The fraction of sp³-hybridized carbons (Fsp3) is 0.158. The normalized spacial score (nSPS) is 10.7. The lowest BCUT2D eigenvalue weighted by Gasteiger charge is -2.13. The number of anilines is 2. The van der Waals surface area contributed by atoms with Crippen LogP contribution in [0.1, 0.15) is 17.0 Å². The third-order valence-corrected chi connectivity index (χ3v) is 5.21. The molecule has 140 valence electrons. The molecule has 8 heteroatoms. The first kappa shape index (κ1) is 20.0. The lowest BCUT2D eigenvalue weighted by Crippen LogP contribution is -2.20. The highest BCUT2D eigenvalue weighted by atomic mass is 35.5. The highest BCUT2D eigenvalue weighted by molar-refractivity contribution is 7.80. The Kier molecular flexibility index (Phi) is 6.27. The van der Waals surface area contributed by atoms with Gasteiger partial charge >= 0.3 is 0 Å². The van der Waals surface area contributed by atoms with Crippen LogP contribution in [0.15, 0.2) is 42.5 Å². The summed E-state index contributed by atoms with van der Waals surface area (Å²) in [7, 11) is 0. The molecule has 0 radical (unpaired) electrons. The number of aromatic nitrogens is 2. The van der Waals surface area contributed by atoms with Crippen molar-refractivity contribution >= 4 is 63.5 Å². The van der Waals surface area contributed by atoms with Gasteiger partial charge in [-0.3, -0.25) is 4.68 Å². The molecule has 0 spiro atoms. The highest BCUT2D eigenvalue weighted by Gasteiger charge is 2.14. The van der Waals surface area contributed by atoms with Gasteiger partial charge in [-0.15, -0.1) is 0 Å². The summed E-state index contributed by atoms with van der Waals surface area (Å²) >= 11 is 23.9. The molecular formula is C19H17Cl3N4S. The van der Waals surface area contributed by atoms with Crippen molar-refractivity contribution in [1.29, 1.82) is 0 Å². The number of hydrogen-bond acceptors (Lipinski definition) is 2. The van der Waals surface area contributed by atoms with Crippen LogP contribution in [-0.2, 0) is 6.54 Å². The molecule has 0 saturated heterocycles. The van der Waals surface area contributed by atoms with E-state index in [1.807, 2.05) is 42.8 Å². The van der Waals surface area contributed by atoms with Crippen LogP contribution in [0.25, 0.3) is 0 Å². The van der Waals surface area contributed by atoms with Gasteiger partial charge in [0, 0.05) is 10.0 Å². The van der Waals surface area contributed by atoms with Crippen LogP contribution in [0.3, 0.4) is 0 Å². The lowest BCUT2D eigenvalue weighted by atomic mass is 10.2. The van der Waals surface area contributed by atoms with Gasteiger partial charge < -0.3 is 10.6 Å². The molecule has 0 aliphatic rings. The second-order valence-corrected chi connectivity index (χ2v) is 7.66. The summed E-state index contributed by atoms with van der Waals surface area (Å²) in [6, 6.07) is 12.9. The Labute approximate surface area is 178 Å². The second-order valence-electron chi connectivity index (χ2n) is 6.00. The Bertz CT molecular complexity index is 1000. The van der Waals surface area contributed by atoms with Gasteiger partial charge in [-0.05, 0) is 55.9 Å². The van der Waals surface area contributed by atoms with Crippen LogP contribution in [0.5, 0.6) is 0 Å². The van der Waals surface area contributed by atoms with Crippen LogP contribution in [0.2, 0.25) is 15.1 Å². The number of halogens is 3. The third kappa shape index (κ3) is 4.74. The molecule has 0 bridgehead atoms.